The third-order valence-electron chi connectivity index (χ3n) is 3.78. The van der Waals surface area contributed by atoms with E-state index >= 15 is 0 Å². The van der Waals surface area contributed by atoms with Crippen LogP contribution < -0.4 is 10.5 Å². The normalized spacial score (nSPS) is 17.2. The minimum atomic E-state index is -0.392. The molecule has 0 spiro atoms. The molecule has 0 radical (unpaired) electrons. The minimum absolute atomic E-state index is 0.0446. The predicted octanol–water partition coefficient (Wildman–Crippen LogP) is 2.63. The number of benzene rings is 1. The van der Waals surface area contributed by atoms with E-state index in [1.807, 2.05) is 4.90 Å². The fraction of sp³-hybridized carbons (Fsp3) is 0.562. The van der Waals surface area contributed by atoms with Crippen LogP contribution in [0.15, 0.2) is 18.2 Å². The van der Waals surface area contributed by atoms with Crippen LogP contribution in [0.25, 0.3) is 0 Å². The second-order valence-corrected chi connectivity index (χ2v) is 5.55. The summed E-state index contributed by atoms with van der Waals surface area (Å²) in [5, 5.41) is 0. The zero-order valence-corrected chi connectivity index (χ0v) is 12.5. The molecule has 5 heteroatoms. The Hall–Kier alpha value is -1.62. The van der Waals surface area contributed by atoms with E-state index in [2.05, 4.69) is 0 Å². The van der Waals surface area contributed by atoms with Gasteiger partial charge >= 0.3 is 0 Å². The number of ether oxygens (including phenoxy) is 1. The summed E-state index contributed by atoms with van der Waals surface area (Å²) >= 11 is 0. The largest absolute Gasteiger partial charge is 0.483 e. The Labute approximate surface area is 125 Å². The average Bonchev–Trinajstić information content (AvgIpc) is 2.73. The smallest absolute Gasteiger partial charge is 0.260 e. The van der Waals surface area contributed by atoms with Crippen molar-refractivity contribution in [2.75, 3.05) is 19.7 Å². The van der Waals surface area contributed by atoms with Gasteiger partial charge in [-0.1, -0.05) is 18.9 Å². The SMILES string of the molecule is CC(N)c1ccc(F)cc1OCC(=O)N1CCCCCC1. The van der Waals surface area contributed by atoms with Gasteiger partial charge in [-0.2, -0.15) is 0 Å². The van der Waals surface area contributed by atoms with Crippen molar-refractivity contribution in [3.8, 4) is 5.75 Å². The Morgan fingerprint density at radius 1 is 1.33 bits per heavy atom. The molecule has 0 aromatic heterocycles. The maximum Gasteiger partial charge on any atom is 0.260 e. The van der Waals surface area contributed by atoms with Crippen molar-refractivity contribution >= 4 is 5.91 Å². The summed E-state index contributed by atoms with van der Waals surface area (Å²) in [6, 6.07) is 3.97. The Morgan fingerprint density at radius 3 is 2.62 bits per heavy atom. The first-order valence-corrected chi connectivity index (χ1v) is 7.53. The van der Waals surface area contributed by atoms with Crippen molar-refractivity contribution in [2.24, 2.45) is 5.73 Å². The van der Waals surface area contributed by atoms with E-state index in [0.717, 1.165) is 25.9 Å². The lowest BCUT2D eigenvalue weighted by atomic mass is 10.1. The third-order valence-corrected chi connectivity index (χ3v) is 3.78. The predicted molar refractivity (Wildman–Crippen MR) is 79.5 cm³/mol. The molecule has 2 N–H and O–H groups in total. The number of rotatable bonds is 4. The van der Waals surface area contributed by atoms with Crippen LogP contribution in [0.2, 0.25) is 0 Å². The Balaban J connectivity index is 1.98. The summed E-state index contributed by atoms with van der Waals surface area (Å²) in [7, 11) is 0. The molecule has 1 amide bonds. The number of carbonyl (C=O) groups is 1. The van der Waals surface area contributed by atoms with E-state index in [9.17, 15) is 9.18 Å². The highest BCUT2D eigenvalue weighted by Gasteiger charge is 2.17. The van der Waals surface area contributed by atoms with Crippen molar-refractivity contribution in [3.05, 3.63) is 29.6 Å². The Bertz CT molecular complexity index is 483. The van der Waals surface area contributed by atoms with E-state index in [0.29, 0.717) is 11.3 Å². The van der Waals surface area contributed by atoms with Crippen molar-refractivity contribution < 1.29 is 13.9 Å². The number of nitrogens with two attached hydrogens (primary N) is 1. The molecule has 2 rings (SSSR count). The Kier molecular flexibility index (Phi) is 5.56. The topological polar surface area (TPSA) is 55.6 Å². The molecule has 21 heavy (non-hydrogen) atoms. The van der Waals surface area contributed by atoms with Gasteiger partial charge in [-0.15, -0.1) is 0 Å². The van der Waals surface area contributed by atoms with Crippen LogP contribution in [0.4, 0.5) is 4.39 Å². The summed E-state index contributed by atoms with van der Waals surface area (Å²) in [5.74, 6) is -0.0819. The van der Waals surface area contributed by atoms with Gasteiger partial charge in [0.25, 0.3) is 5.91 Å². The Morgan fingerprint density at radius 2 is 2.00 bits per heavy atom. The molecule has 1 aliphatic heterocycles. The van der Waals surface area contributed by atoms with Gasteiger partial charge in [-0.3, -0.25) is 4.79 Å². The number of amides is 1. The fourth-order valence-corrected chi connectivity index (χ4v) is 2.56. The van der Waals surface area contributed by atoms with E-state index < -0.39 is 5.82 Å². The molecule has 1 atom stereocenters. The maximum atomic E-state index is 13.3. The molecule has 1 fully saturated rings. The van der Waals surface area contributed by atoms with E-state index in [-0.39, 0.29) is 18.6 Å². The number of hydrogen-bond donors (Lipinski definition) is 1. The highest BCUT2D eigenvalue weighted by Crippen LogP contribution is 2.25. The summed E-state index contributed by atoms with van der Waals surface area (Å²) in [6.07, 6.45) is 4.42. The first-order valence-electron chi connectivity index (χ1n) is 7.53. The summed E-state index contributed by atoms with van der Waals surface area (Å²) in [6.45, 7) is 3.30. The molecule has 1 heterocycles. The van der Waals surface area contributed by atoms with Gasteiger partial charge in [-0.05, 0) is 25.8 Å². The third kappa shape index (κ3) is 4.43. The molecule has 1 saturated heterocycles. The summed E-state index contributed by atoms with van der Waals surface area (Å²) in [5.41, 5.74) is 6.55. The van der Waals surface area contributed by atoms with E-state index in [1.54, 1.807) is 13.0 Å². The maximum absolute atomic E-state index is 13.3. The first kappa shape index (κ1) is 15.8. The van der Waals surface area contributed by atoms with Crippen molar-refractivity contribution in [1.29, 1.82) is 0 Å². The van der Waals surface area contributed by atoms with Crippen molar-refractivity contribution in [1.82, 2.24) is 4.90 Å². The minimum Gasteiger partial charge on any atom is -0.483 e. The van der Waals surface area contributed by atoms with Crippen LogP contribution in [0.5, 0.6) is 5.75 Å². The molecule has 0 bridgehead atoms. The van der Waals surface area contributed by atoms with Gasteiger partial charge in [0.15, 0.2) is 6.61 Å². The van der Waals surface area contributed by atoms with E-state index in [1.165, 1.54) is 25.0 Å². The van der Waals surface area contributed by atoms with Crippen LogP contribution in [0.1, 0.15) is 44.2 Å². The molecule has 4 nitrogen and oxygen atoms in total. The lowest BCUT2D eigenvalue weighted by Gasteiger charge is -2.21. The molecule has 1 aliphatic rings. The monoisotopic (exact) mass is 294 g/mol. The standard InChI is InChI=1S/C16H23FN2O2/c1-12(18)14-7-6-13(17)10-15(14)21-11-16(20)19-8-4-2-3-5-9-19/h6-7,10,12H,2-5,8-9,11,18H2,1H3. The van der Waals surface area contributed by atoms with Crippen LogP contribution in [0, 0.1) is 5.82 Å². The van der Waals surface area contributed by atoms with E-state index in [4.69, 9.17) is 10.5 Å². The zero-order valence-electron chi connectivity index (χ0n) is 12.5. The zero-order chi connectivity index (χ0) is 15.2. The fourth-order valence-electron chi connectivity index (χ4n) is 2.56. The number of likely N-dealkylation sites (tertiary alicyclic amines) is 1. The van der Waals surface area contributed by atoms with Crippen LogP contribution in [-0.4, -0.2) is 30.5 Å². The van der Waals surface area contributed by atoms with Gasteiger partial charge in [0.1, 0.15) is 11.6 Å². The molecular formula is C16H23FN2O2. The van der Waals surface area contributed by atoms with Crippen LogP contribution in [0.3, 0.4) is 0 Å². The van der Waals surface area contributed by atoms with Crippen LogP contribution >= 0.6 is 0 Å². The molecule has 1 unspecified atom stereocenters. The highest BCUT2D eigenvalue weighted by molar-refractivity contribution is 5.77. The second kappa shape index (κ2) is 7.41. The number of halogens is 1. The number of carbonyl (C=O) groups excluding carboxylic acids is 1. The summed E-state index contributed by atoms with van der Waals surface area (Å²) in [4.78, 5) is 14.0. The van der Waals surface area contributed by atoms with Gasteiger partial charge in [0.05, 0.1) is 0 Å². The average molecular weight is 294 g/mol. The highest BCUT2D eigenvalue weighted by atomic mass is 19.1. The van der Waals surface area contributed by atoms with Crippen LogP contribution in [-0.2, 0) is 4.79 Å². The quantitative estimate of drug-likeness (QED) is 0.928. The second-order valence-electron chi connectivity index (χ2n) is 5.55. The lowest BCUT2D eigenvalue weighted by molar-refractivity contribution is -0.133. The summed E-state index contributed by atoms with van der Waals surface area (Å²) < 4.78 is 18.9. The molecule has 1 aromatic rings. The lowest BCUT2D eigenvalue weighted by Crippen LogP contribution is -2.35. The van der Waals surface area contributed by atoms with Gasteiger partial charge in [-0.25, -0.2) is 4.39 Å². The molecule has 116 valence electrons. The molecule has 1 aromatic carbocycles. The molecular weight excluding hydrogens is 271 g/mol. The van der Waals surface area contributed by atoms with Gasteiger partial charge < -0.3 is 15.4 Å². The number of hydrogen-bond acceptors (Lipinski definition) is 3. The van der Waals surface area contributed by atoms with Gasteiger partial charge in [0.2, 0.25) is 0 Å². The molecule has 0 aliphatic carbocycles. The van der Waals surface area contributed by atoms with Crippen molar-refractivity contribution in [2.45, 2.75) is 38.6 Å². The van der Waals surface area contributed by atoms with Crippen molar-refractivity contribution in [3.63, 3.8) is 0 Å². The first-order chi connectivity index (χ1) is 10.1. The van der Waals surface area contributed by atoms with Gasteiger partial charge in [0, 0.05) is 30.8 Å². The molecule has 0 saturated carbocycles. The number of nitrogens with zero attached hydrogens (tertiary/aromatic N) is 1.